The lowest BCUT2D eigenvalue weighted by atomic mass is 10.1. The molecule has 0 radical (unpaired) electrons. The Kier molecular flexibility index (Phi) is 6.30. The van der Waals surface area contributed by atoms with Gasteiger partial charge in [-0.3, -0.25) is 14.9 Å². The van der Waals surface area contributed by atoms with Gasteiger partial charge in [-0.1, -0.05) is 29.8 Å². The van der Waals surface area contributed by atoms with Crippen molar-refractivity contribution in [3.63, 3.8) is 0 Å². The summed E-state index contributed by atoms with van der Waals surface area (Å²) in [5.41, 5.74) is 1.33. The number of benzene rings is 2. The van der Waals surface area contributed by atoms with E-state index in [4.69, 9.17) is 11.6 Å². The molecule has 0 saturated carbocycles. The Balaban J connectivity index is 1.94. The molecule has 2 N–H and O–H groups in total. The first kappa shape index (κ1) is 18.4. The molecule has 0 saturated heterocycles. The second-order valence-corrected chi connectivity index (χ2v) is 6.36. The fourth-order valence-corrected chi connectivity index (χ4v) is 2.86. The predicted molar refractivity (Wildman–Crippen MR) is 97.3 cm³/mol. The van der Waals surface area contributed by atoms with Crippen LogP contribution in [0.1, 0.15) is 18.5 Å². The number of hydrogen-bond donors (Lipinski definition) is 2. The molecular formula is C16H15BrClN3O3. The maximum Gasteiger partial charge on any atom is 0.270 e. The molecule has 2 rings (SSSR count). The highest BCUT2D eigenvalue weighted by Crippen LogP contribution is 2.27. The number of nitro groups is 1. The normalized spacial score (nSPS) is 11.8. The van der Waals surface area contributed by atoms with Gasteiger partial charge in [-0.15, -0.1) is 0 Å². The number of anilines is 1. The number of non-ortho nitro benzene ring substituents is 1. The van der Waals surface area contributed by atoms with E-state index in [0.717, 1.165) is 5.56 Å². The van der Waals surface area contributed by atoms with Crippen molar-refractivity contribution in [1.82, 2.24) is 5.32 Å². The Morgan fingerprint density at radius 2 is 2.04 bits per heavy atom. The summed E-state index contributed by atoms with van der Waals surface area (Å²) < 4.78 is 0.448. The van der Waals surface area contributed by atoms with Gasteiger partial charge < -0.3 is 10.6 Å². The van der Waals surface area contributed by atoms with Gasteiger partial charge in [0.15, 0.2) is 0 Å². The fourth-order valence-electron chi connectivity index (χ4n) is 2.10. The van der Waals surface area contributed by atoms with Crippen molar-refractivity contribution in [3.8, 4) is 0 Å². The molecule has 0 aromatic heterocycles. The minimum absolute atomic E-state index is 0.0506. The summed E-state index contributed by atoms with van der Waals surface area (Å²) in [5, 5.41) is 17.1. The van der Waals surface area contributed by atoms with Crippen LogP contribution in [-0.4, -0.2) is 17.4 Å². The minimum Gasteiger partial charge on any atom is -0.324 e. The zero-order chi connectivity index (χ0) is 17.7. The summed E-state index contributed by atoms with van der Waals surface area (Å²) >= 11 is 9.34. The van der Waals surface area contributed by atoms with E-state index in [0.29, 0.717) is 15.2 Å². The lowest BCUT2D eigenvalue weighted by molar-refractivity contribution is -0.384. The summed E-state index contributed by atoms with van der Waals surface area (Å²) in [7, 11) is 0. The van der Waals surface area contributed by atoms with Crippen LogP contribution in [0.3, 0.4) is 0 Å². The smallest absolute Gasteiger partial charge is 0.270 e. The van der Waals surface area contributed by atoms with Gasteiger partial charge in [0.1, 0.15) is 0 Å². The predicted octanol–water partition coefficient (Wildman–Crippen LogP) is 4.30. The number of carbonyl (C=O) groups is 1. The summed E-state index contributed by atoms with van der Waals surface area (Å²) in [5.74, 6) is -0.261. The number of amides is 1. The second-order valence-electron chi connectivity index (χ2n) is 5.09. The first-order valence-corrected chi connectivity index (χ1v) is 8.27. The van der Waals surface area contributed by atoms with Gasteiger partial charge in [0.25, 0.3) is 5.69 Å². The van der Waals surface area contributed by atoms with Crippen molar-refractivity contribution in [2.45, 2.75) is 13.0 Å². The Labute approximate surface area is 152 Å². The number of nitro benzene ring substituents is 1. The van der Waals surface area contributed by atoms with Gasteiger partial charge in [-0.2, -0.15) is 0 Å². The maximum absolute atomic E-state index is 12.0. The molecule has 0 heterocycles. The van der Waals surface area contributed by atoms with Gasteiger partial charge >= 0.3 is 0 Å². The lowest BCUT2D eigenvalue weighted by Gasteiger charge is -2.15. The topological polar surface area (TPSA) is 84.3 Å². The van der Waals surface area contributed by atoms with Crippen molar-refractivity contribution in [3.05, 3.63) is 67.6 Å². The first-order chi connectivity index (χ1) is 11.4. The number of nitrogens with zero attached hydrogens (tertiary/aromatic N) is 1. The molecule has 8 heteroatoms. The van der Waals surface area contributed by atoms with Gasteiger partial charge in [-0.25, -0.2) is 0 Å². The number of carbonyl (C=O) groups excluding carboxylic acids is 1. The van der Waals surface area contributed by atoms with E-state index in [9.17, 15) is 14.9 Å². The minimum atomic E-state index is -0.497. The van der Waals surface area contributed by atoms with E-state index >= 15 is 0 Å². The van der Waals surface area contributed by atoms with Crippen LogP contribution in [0.2, 0.25) is 5.02 Å². The fraction of sp³-hybridized carbons (Fsp3) is 0.188. The van der Waals surface area contributed by atoms with E-state index < -0.39 is 4.92 Å². The zero-order valence-corrected chi connectivity index (χ0v) is 15.1. The molecule has 1 atom stereocenters. The van der Waals surface area contributed by atoms with E-state index in [1.165, 1.54) is 18.2 Å². The number of rotatable bonds is 6. The molecule has 1 unspecified atom stereocenters. The van der Waals surface area contributed by atoms with Crippen LogP contribution in [0.25, 0.3) is 0 Å². The molecule has 0 bridgehead atoms. The SMILES string of the molecule is CC(NCC(=O)Nc1ccc([N+](=O)[O-])cc1Br)c1ccccc1Cl. The van der Waals surface area contributed by atoms with Gasteiger partial charge in [0, 0.05) is 27.7 Å². The Bertz CT molecular complexity index is 770. The largest absolute Gasteiger partial charge is 0.324 e. The number of halogens is 2. The molecule has 2 aromatic carbocycles. The van der Waals surface area contributed by atoms with Crippen LogP contribution in [0.4, 0.5) is 11.4 Å². The van der Waals surface area contributed by atoms with Crippen LogP contribution >= 0.6 is 27.5 Å². The summed E-state index contributed by atoms with van der Waals surface area (Å²) in [6, 6.07) is 11.5. The molecule has 2 aromatic rings. The Morgan fingerprint density at radius 3 is 2.67 bits per heavy atom. The Hall–Kier alpha value is -1.96. The van der Waals surface area contributed by atoms with Crippen molar-refractivity contribution in [2.24, 2.45) is 0 Å². The van der Waals surface area contributed by atoms with E-state index in [-0.39, 0.29) is 24.2 Å². The van der Waals surface area contributed by atoms with Crippen LogP contribution < -0.4 is 10.6 Å². The average Bonchev–Trinajstić information content (AvgIpc) is 2.54. The third kappa shape index (κ3) is 4.77. The summed E-state index contributed by atoms with van der Waals surface area (Å²) in [4.78, 5) is 22.2. The van der Waals surface area contributed by atoms with Crippen molar-refractivity contribution >= 4 is 44.8 Å². The monoisotopic (exact) mass is 411 g/mol. The van der Waals surface area contributed by atoms with Gasteiger partial charge in [0.2, 0.25) is 5.91 Å². The van der Waals surface area contributed by atoms with Crippen molar-refractivity contribution in [1.29, 1.82) is 0 Å². The lowest BCUT2D eigenvalue weighted by Crippen LogP contribution is -2.30. The highest BCUT2D eigenvalue weighted by Gasteiger charge is 2.13. The highest BCUT2D eigenvalue weighted by atomic mass is 79.9. The molecule has 0 aliphatic heterocycles. The maximum atomic E-state index is 12.0. The van der Waals surface area contributed by atoms with Crippen LogP contribution in [-0.2, 0) is 4.79 Å². The number of nitrogens with one attached hydrogen (secondary N) is 2. The van der Waals surface area contributed by atoms with Crippen molar-refractivity contribution in [2.75, 3.05) is 11.9 Å². The average molecular weight is 413 g/mol. The third-order valence-electron chi connectivity index (χ3n) is 3.38. The van der Waals surface area contributed by atoms with E-state index in [1.54, 1.807) is 6.07 Å². The molecule has 0 fully saturated rings. The third-order valence-corrected chi connectivity index (χ3v) is 4.38. The van der Waals surface area contributed by atoms with Crippen molar-refractivity contribution < 1.29 is 9.72 Å². The summed E-state index contributed by atoms with van der Waals surface area (Å²) in [6.07, 6.45) is 0. The number of hydrogen-bond acceptors (Lipinski definition) is 4. The highest BCUT2D eigenvalue weighted by molar-refractivity contribution is 9.10. The first-order valence-electron chi connectivity index (χ1n) is 7.10. The van der Waals surface area contributed by atoms with E-state index in [2.05, 4.69) is 26.6 Å². The van der Waals surface area contributed by atoms with Gasteiger partial charge in [-0.05, 0) is 40.5 Å². The molecule has 6 nitrogen and oxygen atoms in total. The molecule has 0 aliphatic rings. The quantitative estimate of drug-likeness (QED) is 0.547. The second kappa shape index (κ2) is 8.23. The Morgan fingerprint density at radius 1 is 1.33 bits per heavy atom. The van der Waals surface area contributed by atoms with Crippen LogP contribution in [0.5, 0.6) is 0 Å². The standard InChI is InChI=1S/C16H15BrClN3O3/c1-10(12-4-2-3-5-14(12)18)19-9-16(22)20-15-7-6-11(21(23)24)8-13(15)17/h2-8,10,19H,9H2,1H3,(H,20,22). The van der Waals surface area contributed by atoms with Crippen LogP contribution in [0, 0.1) is 10.1 Å². The summed E-state index contributed by atoms with van der Waals surface area (Å²) in [6.45, 7) is 1.99. The molecule has 24 heavy (non-hydrogen) atoms. The van der Waals surface area contributed by atoms with Gasteiger partial charge in [0.05, 0.1) is 17.2 Å². The molecule has 0 spiro atoms. The van der Waals surface area contributed by atoms with Crippen LogP contribution in [0.15, 0.2) is 46.9 Å². The zero-order valence-electron chi connectivity index (χ0n) is 12.8. The molecular weight excluding hydrogens is 398 g/mol. The molecule has 126 valence electrons. The molecule has 1 amide bonds. The van der Waals surface area contributed by atoms with E-state index in [1.807, 2.05) is 25.1 Å². The molecule has 0 aliphatic carbocycles.